The van der Waals surface area contributed by atoms with Gasteiger partial charge >= 0.3 is 0 Å². The van der Waals surface area contributed by atoms with Gasteiger partial charge < -0.3 is 9.30 Å². The number of methoxy groups -OCH3 is 1. The van der Waals surface area contributed by atoms with Crippen LogP contribution in [0.25, 0.3) is 27.8 Å². The molecule has 0 atom stereocenters. The molecule has 0 aliphatic carbocycles. The van der Waals surface area contributed by atoms with Crippen molar-refractivity contribution >= 4 is 16.7 Å². The van der Waals surface area contributed by atoms with Gasteiger partial charge in [-0.25, -0.2) is 4.52 Å². The molecule has 2 aromatic carbocycles. The van der Waals surface area contributed by atoms with Gasteiger partial charge in [-0.2, -0.15) is 5.10 Å². The van der Waals surface area contributed by atoms with E-state index < -0.39 is 0 Å². The molecule has 7 nitrogen and oxygen atoms in total. The number of rotatable bonds is 5. The van der Waals surface area contributed by atoms with Crippen molar-refractivity contribution in [1.29, 1.82) is 0 Å². The molecule has 0 N–H and O–H groups in total. The van der Waals surface area contributed by atoms with Crippen LogP contribution in [0.5, 0.6) is 5.75 Å². The van der Waals surface area contributed by atoms with Crippen molar-refractivity contribution in [3.8, 4) is 16.9 Å². The smallest absolute Gasteiger partial charge is 0.280 e. The average Bonchev–Trinajstić information content (AvgIpc) is 3.15. The molecule has 31 heavy (non-hydrogen) atoms. The van der Waals surface area contributed by atoms with E-state index in [2.05, 4.69) is 15.3 Å². The standard InChI is InChI=1S/C24H21N5O2/c1-16-21(18-6-4-3-5-7-18)23-26-25-22-20(29(23)27-16)13-15-28(24(22)30)14-12-17-8-10-19(31-2)11-9-17/h3-11,13,15H,12,14H2,1-2H3. The highest BCUT2D eigenvalue weighted by molar-refractivity contribution is 5.84. The summed E-state index contributed by atoms with van der Waals surface area (Å²) in [5.41, 5.74) is 5.37. The molecule has 5 rings (SSSR count). The normalized spacial score (nSPS) is 11.3. The quantitative estimate of drug-likeness (QED) is 0.441. The van der Waals surface area contributed by atoms with E-state index in [1.807, 2.05) is 67.6 Å². The molecule has 0 fully saturated rings. The minimum absolute atomic E-state index is 0.171. The van der Waals surface area contributed by atoms with E-state index in [9.17, 15) is 4.79 Å². The third-order valence-corrected chi connectivity index (χ3v) is 5.49. The average molecular weight is 411 g/mol. The summed E-state index contributed by atoms with van der Waals surface area (Å²) in [7, 11) is 1.64. The van der Waals surface area contributed by atoms with E-state index in [1.54, 1.807) is 22.4 Å². The van der Waals surface area contributed by atoms with Gasteiger partial charge in [-0.05, 0) is 42.7 Å². The zero-order valence-electron chi connectivity index (χ0n) is 17.3. The predicted molar refractivity (Wildman–Crippen MR) is 119 cm³/mol. The fourth-order valence-electron chi connectivity index (χ4n) is 3.85. The largest absolute Gasteiger partial charge is 0.497 e. The fourth-order valence-corrected chi connectivity index (χ4v) is 3.85. The Hall–Kier alpha value is -4.00. The highest BCUT2D eigenvalue weighted by atomic mass is 16.5. The van der Waals surface area contributed by atoms with Gasteiger partial charge in [0.2, 0.25) is 0 Å². The third-order valence-electron chi connectivity index (χ3n) is 5.49. The molecule has 0 saturated carbocycles. The second kappa shape index (κ2) is 7.68. The molecule has 0 radical (unpaired) electrons. The summed E-state index contributed by atoms with van der Waals surface area (Å²) >= 11 is 0. The van der Waals surface area contributed by atoms with Gasteiger partial charge in [0.05, 0.1) is 18.4 Å². The summed E-state index contributed by atoms with van der Waals surface area (Å²) in [5.74, 6) is 0.815. The zero-order valence-corrected chi connectivity index (χ0v) is 17.3. The SMILES string of the molecule is COc1ccc(CCn2ccc3c(nnc4c(-c5ccccc5)c(C)nn43)c2=O)cc1. The number of pyridine rings is 1. The molecule has 0 aliphatic rings. The number of aryl methyl sites for hydroxylation is 3. The Labute approximate surface area is 178 Å². The van der Waals surface area contributed by atoms with Crippen molar-refractivity contribution in [2.45, 2.75) is 19.9 Å². The van der Waals surface area contributed by atoms with Gasteiger partial charge in [-0.3, -0.25) is 4.79 Å². The van der Waals surface area contributed by atoms with Gasteiger partial charge in [0, 0.05) is 12.7 Å². The van der Waals surface area contributed by atoms with Crippen molar-refractivity contribution in [2.75, 3.05) is 7.11 Å². The van der Waals surface area contributed by atoms with Crippen LogP contribution in [0.15, 0.2) is 71.7 Å². The van der Waals surface area contributed by atoms with Crippen LogP contribution in [0.4, 0.5) is 0 Å². The number of benzene rings is 2. The van der Waals surface area contributed by atoms with Crippen LogP contribution >= 0.6 is 0 Å². The van der Waals surface area contributed by atoms with E-state index in [4.69, 9.17) is 4.74 Å². The Bertz CT molecular complexity index is 1440. The third kappa shape index (κ3) is 3.34. The topological polar surface area (TPSA) is 74.3 Å². The first-order chi connectivity index (χ1) is 15.2. The van der Waals surface area contributed by atoms with Crippen LogP contribution in [0.2, 0.25) is 0 Å². The van der Waals surface area contributed by atoms with Gasteiger partial charge in [0.15, 0.2) is 11.2 Å². The minimum atomic E-state index is -0.171. The molecule has 3 heterocycles. The molecule has 7 heteroatoms. The van der Waals surface area contributed by atoms with E-state index in [0.29, 0.717) is 23.2 Å². The van der Waals surface area contributed by atoms with Crippen molar-refractivity contribution in [2.24, 2.45) is 0 Å². The molecular formula is C24H21N5O2. The highest BCUT2D eigenvalue weighted by Gasteiger charge is 2.17. The fraction of sp³-hybridized carbons (Fsp3) is 0.167. The second-order valence-electron chi connectivity index (χ2n) is 7.41. The Balaban J connectivity index is 1.53. The summed E-state index contributed by atoms with van der Waals surface area (Å²) in [6.07, 6.45) is 2.53. The molecule has 0 unspecified atom stereocenters. The maximum absolute atomic E-state index is 13.1. The van der Waals surface area contributed by atoms with Crippen molar-refractivity contribution in [3.63, 3.8) is 0 Å². The Morgan fingerprint density at radius 3 is 2.48 bits per heavy atom. The number of aromatic nitrogens is 5. The number of hydrogen-bond acceptors (Lipinski definition) is 5. The molecule has 0 aliphatic heterocycles. The van der Waals surface area contributed by atoms with Crippen LogP contribution in [0, 0.1) is 6.92 Å². The lowest BCUT2D eigenvalue weighted by molar-refractivity contribution is 0.414. The minimum Gasteiger partial charge on any atom is -0.497 e. The van der Waals surface area contributed by atoms with Crippen molar-refractivity contribution in [3.05, 3.63) is 88.5 Å². The van der Waals surface area contributed by atoms with Gasteiger partial charge in [0.25, 0.3) is 5.56 Å². The Morgan fingerprint density at radius 1 is 0.968 bits per heavy atom. The van der Waals surface area contributed by atoms with Crippen molar-refractivity contribution < 1.29 is 4.74 Å². The lowest BCUT2D eigenvalue weighted by Gasteiger charge is -2.08. The lowest BCUT2D eigenvalue weighted by atomic mass is 10.1. The second-order valence-corrected chi connectivity index (χ2v) is 7.41. The monoisotopic (exact) mass is 411 g/mol. The summed E-state index contributed by atoms with van der Waals surface area (Å²) in [5, 5.41) is 13.3. The first-order valence-corrected chi connectivity index (χ1v) is 10.1. The molecule has 0 spiro atoms. The Kier molecular flexibility index (Phi) is 4.71. The zero-order chi connectivity index (χ0) is 21.4. The molecule has 0 amide bonds. The van der Waals surface area contributed by atoms with Crippen LogP contribution in [0.3, 0.4) is 0 Å². The van der Waals surface area contributed by atoms with Crippen LogP contribution in [-0.2, 0) is 13.0 Å². The van der Waals surface area contributed by atoms with E-state index in [-0.39, 0.29) is 5.56 Å². The molecule has 5 aromatic rings. The molecule has 0 bridgehead atoms. The number of nitrogens with zero attached hydrogens (tertiary/aromatic N) is 5. The molecule has 3 aromatic heterocycles. The number of hydrogen-bond donors (Lipinski definition) is 0. The number of ether oxygens (including phenoxy) is 1. The van der Waals surface area contributed by atoms with Crippen LogP contribution < -0.4 is 10.3 Å². The van der Waals surface area contributed by atoms with E-state index >= 15 is 0 Å². The maximum Gasteiger partial charge on any atom is 0.280 e. The molecule has 154 valence electrons. The van der Waals surface area contributed by atoms with E-state index in [1.165, 1.54) is 0 Å². The van der Waals surface area contributed by atoms with E-state index in [0.717, 1.165) is 34.6 Å². The Morgan fingerprint density at radius 2 is 1.74 bits per heavy atom. The van der Waals surface area contributed by atoms with Gasteiger partial charge in [-0.1, -0.05) is 42.5 Å². The summed E-state index contributed by atoms with van der Waals surface area (Å²) < 4.78 is 8.58. The highest BCUT2D eigenvalue weighted by Crippen LogP contribution is 2.27. The summed E-state index contributed by atoms with van der Waals surface area (Å²) in [4.78, 5) is 13.1. The maximum atomic E-state index is 13.1. The number of fused-ring (bicyclic) bond motifs is 3. The van der Waals surface area contributed by atoms with Crippen molar-refractivity contribution in [1.82, 2.24) is 24.4 Å². The van der Waals surface area contributed by atoms with Crippen LogP contribution in [-0.4, -0.2) is 31.5 Å². The lowest BCUT2D eigenvalue weighted by Crippen LogP contribution is -2.22. The molecular weight excluding hydrogens is 390 g/mol. The van der Waals surface area contributed by atoms with Gasteiger partial charge in [-0.15, -0.1) is 10.2 Å². The first-order valence-electron chi connectivity index (χ1n) is 10.1. The summed E-state index contributed by atoms with van der Waals surface area (Å²) in [6.45, 7) is 2.49. The molecule has 0 saturated heterocycles. The predicted octanol–water partition coefficient (Wildman–Crippen LogP) is 3.67. The van der Waals surface area contributed by atoms with Crippen LogP contribution in [0.1, 0.15) is 11.3 Å². The van der Waals surface area contributed by atoms with Gasteiger partial charge in [0.1, 0.15) is 11.3 Å². The summed E-state index contributed by atoms with van der Waals surface area (Å²) in [6, 6.07) is 19.7. The first kappa shape index (κ1) is 19.0.